The van der Waals surface area contributed by atoms with Gasteiger partial charge in [-0.25, -0.2) is 0 Å². The summed E-state index contributed by atoms with van der Waals surface area (Å²) in [5.74, 6) is 0.693. The molecule has 4 nitrogen and oxygen atoms in total. The van der Waals surface area contributed by atoms with Gasteiger partial charge in [0.15, 0.2) is 0 Å². The van der Waals surface area contributed by atoms with E-state index in [-0.39, 0.29) is 16.4 Å². The van der Waals surface area contributed by atoms with E-state index in [0.29, 0.717) is 6.54 Å². The molecule has 0 saturated heterocycles. The van der Waals surface area contributed by atoms with Crippen LogP contribution in [0.15, 0.2) is 22.8 Å². The number of thioether (sulfide) groups is 1. The van der Waals surface area contributed by atoms with Crippen LogP contribution in [0.25, 0.3) is 0 Å². The summed E-state index contributed by atoms with van der Waals surface area (Å²) in [6.45, 7) is 5.87. The molecule has 0 radical (unpaired) electrons. The summed E-state index contributed by atoms with van der Waals surface area (Å²) in [4.78, 5) is 11.7. The Labute approximate surface area is 106 Å². The van der Waals surface area contributed by atoms with Gasteiger partial charge in [-0.3, -0.25) is 4.79 Å². The SMILES string of the molecule is CC(SC(C)C(C)O)C(=O)NCc1ccco1. The minimum atomic E-state index is -0.416. The molecular weight excluding hydrogens is 238 g/mol. The predicted octanol–water partition coefficient (Wildman–Crippen LogP) is 1.79. The lowest BCUT2D eigenvalue weighted by molar-refractivity contribution is -0.120. The summed E-state index contributed by atoms with van der Waals surface area (Å²) in [6.07, 6.45) is 1.16. The minimum Gasteiger partial charge on any atom is -0.467 e. The average Bonchev–Trinajstić information content (AvgIpc) is 2.78. The van der Waals surface area contributed by atoms with Crippen molar-refractivity contribution in [1.29, 1.82) is 0 Å². The fourth-order valence-electron chi connectivity index (χ4n) is 1.23. The molecule has 0 aliphatic heterocycles. The van der Waals surface area contributed by atoms with Crippen LogP contribution in [0.2, 0.25) is 0 Å². The second-order valence-corrected chi connectivity index (χ2v) is 5.74. The summed E-state index contributed by atoms with van der Waals surface area (Å²) in [6, 6.07) is 3.60. The standard InChI is InChI=1S/C12H19NO3S/c1-8(14)9(2)17-10(3)12(15)13-7-11-5-4-6-16-11/h4-6,8-10,14H,7H2,1-3H3,(H,13,15). The van der Waals surface area contributed by atoms with Gasteiger partial charge in [-0.2, -0.15) is 0 Å². The molecule has 0 aromatic carbocycles. The van der Waals surface area contributed by atoms with Crippen molar-refractivity contribution in [2.45, 2.75) is 43.9 Å². The number of nitrogens with one attached hydrogen (secondary N) is 1. The third-order valence-electron chi connectivity index (χ3n) is 2.48. The molecule has 96 valence electrons. The first-order valence-electron chi connectivity index (χ1n) is 5.64. The van der Waals surface area contributed by atoms with Crippen molar-refractivity contribution in [2.75, 3.05) is 0 Å². The molecule has 0 aliphatic rings. The second-order valence-electron chi connectivity index (χ2n) is 4.02. The molecule has 0 saturated carbocycles. The van der Waals surface area contributed by atoms with Gasteiger partial charge in [0.25, 0.3) is 0 Å². The van der Waals surface area contributed by atoms with Gasteiger partial charge in [0.05, 0.1) is 24.2 Å². The third kappa shape index (κ3) is 4.83. The average molecular weight is 257 g/mol. The lowest BCUT2D eigenvalue weighted by atomic mass is 10.3. The van der Waals surface area contributed by atoms with Crippen LogP contribution in [0.4, 0.5) is 0 Å². The lowest BCUT2D eigenvalue weighted by Gasteiger charge is -2.18. The van der Waals surface area contributed by atoms with E-state index in [1.165, 1.54) is 11.8 Å². The lowest BCUT2D eigenvalue weighted by Crippen LogP contribution is -2.32. The topological polar surface area (TPSA) is 62.5 Å². The summed E-state index contributed by atoms with van der Waals surface area (Å²) in [5.41, 5.74) is 0. The number of amides is 1. The molecule has 2 N–H and O–H groups in total. The highest BCUT2D eigenvalue weighted by Gasteiger charge is 2.19. The van der Waals surface area contributed by atoms with Crippen molar-refractivity contribution in [3.8, 4) is 0 Å². The molecule has 1 aromatic rings. The van der Waals surface area contributed by atoms with Gasteiger partial charge in [-0.15, -0.1) is 11.8 Å². The number of aliphatic hydroxyl groups excluding tert-OH is 1. The number of rotatable bonds is 6. The Hall–Kier alpha value is -0.940. The van der Waals surface area contributed by atoms with Crippen LogP contribution < -0.4 is 5.32 Å². The molecule has 0 spiro atoms. The summed E-state index contributed by atoms with van der Waals surface area (Å²) >= 11 is 1.46. The predicted molar refractivity (Wildman–Crippen MR) is 68.8 cm³/mol. The molecule has 3 atom stereocenters. The number of furan rings is 1. The smallest absolute Gasteiger partial charge is 0.233 e. The molecule has 0 fully saturated rings. The van der Waals surface area contributed by atoms with Gasteiger partial charge >= 0.3 is 0 Å². The molecule has 1 heterocycles. The number of aliphatic hydroxyl groups is 1. The number of hydrogen-bond donors (Lipinski definition) is 2. The van der Waals surface area contributed by atoms with E-state index in [2.05, 4.69) is 5.32 Å². The first-order valence-corrected chi connectivity index (χ1v) is 6.58. The zero-order valence-corrected chi connectivity index (χ0v) is 11.2. The van der Waals surface area contributed by atoms with Crippen molar-refractivity contribution in [3.63, 3.8) is 0 Å². The number of carbonyl (C=O) groups is 1. The van der Waals surface area contributed by atoms with Crippen LogP contribution in [-0.4, -0.2) is 27.6 Å². The molecule has 17 heavy (non-hydrogen) atoms. The van der Waals surface area contributed by atoms with Gasteiger partial charge < -0.3 is 14.8 Å². The van der Waals surface area contributed by atoms with Gasteiger partial charge in [0.1, 0.15) is 5.76 Å². The van der Waals surface area contributed by atoms with Crippen LogP contribution in [0, 0.1) is 0 Å². The van der Waals surface area contributed by atoms with Gasteiger partial charge in [0, 0.05) is 5.25 Å². The van der Waals surface area contributed by atoms with E-state index < -0.39 is 6.10 Å². The highest BCUT2D eigenvalue weighted by Crippen LogP contribution is 2.20. The molecule has 0 bridgehead atoms. The first kappa shape index (κ1) is 14.1. The summed E-state index contributed by atoms with van der Waals surface area (Å²) in [7, 11) is 0. The quantitative estimate of drug-likeness (QED) is 0.815. The van der Waals surface area contributed by atoms with E-state index in [1.54, 1.807) is 19.3 Å². The largest absolute Gasteiger partial charge is 0.467 e. The number of hydrogen-bond acceptors (Lipinski definition) is 4. The Kier molecular flexibility index (Phi) is 5.58. The van der Waals surface area contributed by atoms with Crippen LogP contribution in [0.5, 0.6) is 0 Å². The van der Waals surface area contributed by atoms with E-state index in [0.717, 1.165) is 5.76 Å². The first-order chi connectivity index (χ1) is 8.00. The van der Waals surface area contributed by atoms with E-state index >= 15 is 0 Å². The Morgan fingerprint density at radius 1 is 1.53 bits per heavy atom. The molecule has 1 amide bonds. The monoisotopic (exact) mass is 257 g/mol. The van der Waals surface area contributed by atoms with Crippen LogP contribution in [0.3, 0.4) is 0 Å². The van der Waals surface area contributed by atoms with Gasteiger partial charge in [-0.05, 0) is 26.0 Å². The van der Waals surface area contributed by atoms with Crippen molar-refractivity contribution < 1.29 is 14.3 Å². The summed E-state index contributed by atoms with van der Waals surface area (Å²) < 4.78 is 5.12. The fourth-order valence-corrected chi connectivity index (χ4v) is 2.31. The van der Waals surface area contributed by atoms with Crippen molar-refractivity contribution in [3.05, 3.63) is 24.2 Å². The highest BCUT2D eigenvalue weighted by atomic mass is 32.2. The van der Waals surface area contributed by atoms with Crippen LogP contribution >= 0.6 is 11.8 Å². The van der Waals surface area contributed by atoms with Crippen molar-refractivity contribution >= 4 is 17.7 Å². The van der Waals surface area contributed by atoms with Crippen LogP contribution in [0.1, 0.15) is 26.5 Å². The Balaban J connectivity index is 2.32. The van der Waals surface area contributed by atoms with Crippen molar-refractivity contribution in [2.24, 2.45) is 0 Å². The Morgan fingerprint density at radius 2 is 2.24 bits per heavy atom. The van der Waals surface area contributed by atoms with Crippen molar-refractivity contribution in [1.82, 2.24) is 5.32 Å². The molecular formula is C12H19NO3S. The minimum absolute atomic E-state index is 0.0411. The normalized spacial score (nSPS) is 16.2. The van der Waals surface area contributed by atoms with E-state index in [1.807, 2.05) is 19.9 Å². The molecule has 5 heteroatoms. The van der Waals surface area contributed by atoms with Crippen LogP contribution in [-0.2, 0) is 11.3 Å². The number of carbonyl (C=O) groups excluding carboxylic acids is 1. The van der Waals surface area contributed by atoms with E-state index in [4.69, 9.17) is 4.42 Å². The zero-order chi connectivity index (χ0) is 12.8. The Bertz CT molecular complexity index is 338. The Morgan fingerprint density at radius 3 is 2.76 bits per heavy atom. The highest BCUT2D eigenvalue weighted by molar-refractivity contribution is 8.01. The van der Waals surface area contributed by atoms with E-state index in [9.17, 15) is 9.90 Å². The molecule has 3 unspecified atom stereocenters. The summed E-state index contributed by atoms with van der Waals surface area (Å²) in [5, 5.41) is 12.0. The maximum absolute atomic E-state index is 11.7. The maximum Gasteiger partial charge on any atom is 0.233 e. The van der Waals surface area contributed by atoms with Gasteiger partial charge in [0.2, 0.25) is 5.91 Å². The third-order valence-corrected chi connectivity index (χ3v) is 3.93. The van der Waals surface area contributed by atoms with Gasteiger partial charge in [-0.1, -0.05) is 6.92 Å². The molecule has 0 aliphatic carbocycles. The second kappa shape index (κ2) is 6.71. The zero-order valence-electron chi connectivity index (χ0n) is 10.3. The molecule has 1 aromatic heterocycles. The maximum atomic E-state index is 11.7. The molecule has 1 rings (SSSR count). The fraction of sp³-hybridized carbons (Fsp3) is 0.583.